The number of amides is 1. The number of carbonyl (C=O) groups excluding carboxylic acids is 2. The van der Waals surface area contributed by atoms with Gasteiger partial charge in [0.2, 0.25) is 0 Å². The fourth-order valence-electron chi connectivity index (χ4n) is 2.90. The number of ether oxygens (including phenoxy) is 1. The summed E-state index contributed by atoms with van der Waals surface area (Å²) in [5, 5.41) is 2.57. The lowest BCUT2D eigenvalue weighted by molar-refractivity contribution is -0.158. The molecule has 1 aromatic carbocycles. The number of hydrogen-bond donors (Lipinski definition) is 1. The van der Waals surface area contributed by atoms with Crippen molar-refractivity contribution in [1.29, 1.82) is 0 Å². The van der Waals surface area contributed by atoms with Crippen molar-refractivity contribution in [2.24, 2.45) is 12.5 Å². The lowest BCUT2D eigenvalue weighted by atomic mass is 10.1. The van der Waals surface area contributed by atoms with Gasteiger partial charge in [-0.15, -0.1) is 23.2 Å². The van der Waals surface area contributed by atoms with Crippen LogP contribution in [0.3, 0.4) is 0 Å². The number of para-hydroxylation sites is 1. The van der Waals surface area contributed by atoms with Crippen LogP contribution < -0.4 is 10.9 Å². The Labute approximate surface area is 172 Å². The quantitative estimate of drug-likeness (QED) is 0.589. The van der Waals surface area contributed by atoms with Gasteiger partial charge in [0.15, 0.2) is 6.10 Å². The predicted molar refractivity (Wildman–Crippen MR) is 107 cm³/mol. The first-order valence-corrected chi connectivity index (χ1v) is 9.49. The van der Waals surface area contributed by atoms with Gasteiger partial charge >= 0.3 is 5.97 Å². The molecule has 1 N–H and O–H groups in total. The maximum Gasteiger partial charge on any atom is 0.315 e. The van der Waals surface area contributed by atoms with Gasteiger partial charge in [0, 0.05) is 13.5 Å². The Kier molecular flexibility index (Phi) is 5.10. The molecule has 0 saturated heterocycles. The number of anilines is 1. The van der Waals surface area contributed by atoms with Crippen molar-refractivity contribution in [3.8, 4) is 5.69 Å². The highest BCUT2D eigenvalue weighted by Crippen LogP contribution is 2.64. The van der Waals surface area contributed by atoms with Crippen LogP contribution >= 0.6 is 23.2 Å². The van der Waals surface area contributed by atoms with Crippen LogP contribution in [0.25, 0.3) is 5.69 Å². The van der Waals surface area contributed by atoms with Crippen molar-refractivity contribution in [3.63, 3.8) is 0 Å². The Morgan fingerprint density at radius 1 is 1.25 bits per heavy atom. The van der Waals surface area contributed by atoms with Crippen LogP contribution in [0.1, 0.15) is 26.0 Å². The lowest BCUT2D eigenvalue weighted by Crippen LogP contribution is -2.34. The molecule has 1 saturated carbocycles. The lowest BCUT2D eigenvalue weighted by Gasteiger charge is -2.16. The smallest absolute Gasteiger partial charge is 0.315 e. The molecule has 1 fully saturated rings. The van der Waals surface area contributed by atoms with Crippen molar-refractivity contribution in [1.82, 2.24) is 9.36 Å². The number of esters is 1. The maximum atomic E-state index is 12.8. The third-order valence-electron chi connectivity index (χ3n) is 5.16. The summed E-state index contributed by atoms with van der Waals surface area (Å²) in [6, 6.07) is 9.06. The summed E-state index contributed by atoms with van der Waals surface area (Å²) in [6.45, 7) is 4.73. The molecule has 1 aliphatic rings. The highest BCUT2D eigenvalue weighted by molar-refractivity contribution is 6.53. The van der Waals surface area contributed by atoms with E-state index in [1.165, 1.54) is 11.6 Å². The molecule has 2 aromatic rings. The Morgan fingerprint density at radius 2 is 1.82 bits per heavy atom. The topological polar surface area (TPSA) is 82.3 Å². The average Bonchev–Trinajstić information content (AvgIpc) is 3.10. The number of halogens is 2. The van der Waals surface area contributed by atoms with Crippen molar-refractivity contribution in [2.75, 3.05) is 5.32 Å². The molecule has 0 aliphatic heterocycles. The van der Waals surface area contributed by atoms with Gasteiger partial charge in [-0.3, -0.25) is 19.1 Å². The van der Waals surface area contributed by atoms with E-state index in [-0.39, 0.29) is 17.7 Å². The van der Waals surface area contributed by atoms with Gasteiger partial charge in [0.05, 0.1) is 11.4 Å². The molecule has 1 amide bonds. The molecule has 3 rings (SSSR count). The van der Waals surface area contributed by atoms with Crippen LogP contribution in [0.5, 0.6) is 0 Å². The summed E-state index contributed by atoms with van der Waals surface area (Å²) < 4.78 is 7.12. The summed E-state index contributed by atoms with van der Waals surface area (Å²) in [5.74, 6) is -1.26. The molecule has 1 aromatic heterocycles. The second kappa shape index (κ2) is 6.97. The summed E-state index contributed by atoms with van der Waals surface area (Å²) in [4.78, 5) is 37.6. The molecule has 1 heterocycles. The Bertz CT molecular complexity index is 997. The number of alkyl halides is 2. The molecule has 9 heteroatoms. The Balaban J connectivity index is 1.78. The zero-order valence-corrected chi connectivity index (χ0v) is 17.5. The van der Waals surface area contributed by atoms with Crippen LogP contribution in [0, 0.1) is 12.3 Å². The predicted octanol–water partition coefficient (Wildman–Crippen LogP) is 2.94. The van der Waals surface area contributed by atoms with Gasteiger partial charge in [-0.2, -0.15) is 0 Å². The van der Waals surface area contributed by atoms with Gasteiger partial charge in [-0.05, 0) is 32.9 Å². The molecule has 0 radical (unpaired) electrons. The SMILES string of the molecule is Cc1c(NC(=O)C(C)OC(=O)C2(C)CC2(Cl)Cl)c(=O)n(-c2ccccc2)n1C. The van der Waals surface area contributed by atoms with Gasteiger partial charge in [-0.25, -0.2) is 4.68 Å². The molecule has 7 nitrogen and oxygen atoms in total. The molecular weight excluding hydrogens is 405 g/mol. The molecule has 0 bridgehead atoms. The Hall–Kier alpha value is -2.25. The van der Waals surface area contributed by atoms with E-state index in [2.05, 4.69) is 5.32 Å². The number of aromatic nitrogens is 2. The third-order valence-corrected chi connectivity index (χ3v) is 6.27. The molecule has 1 aliphatic carbocycles. The minimum atomic E-state index is -1.18. The van der Waals surface area contributed by atoms with E-state index >= 15 is 0 Å². The van der Waals surface area contributed by atoms with Crippen LogP contribution in [0.15, 0.2) is 35.1 Å². The fourth-order valence-corrected chi connectivity index (χ4v) is 3.59. The van der Waals surface area contributed by atoms with Gasteiger partial charge < -0.3 is 10.1 Å². The highest BCUT2D eigenvalue weighted by atomic mass is 35.5. The summed E-state index contributed by atoms with van der Waals surface area (Å²) in [5.41, 5.74) is -0.0581. The van der Waals surface area contributed by atoms with Gasteiger partial charge in [0.1, 0.15) is 15.4 Å². The number of hydrogen-bond acceptors (Lipinski definition) is 4. The third kappa shape index (κ3) is 3.33. The Morgan fingerprint density at radius 3 is 2.36 bits per heavy atom. The fraction of sp³-hybridized carbons (Fsp3) is 0.421. The molecule has 2 atom stereocenters. The van der Waals surface area contributed by atoms with Crippen molar-refractivity contribution >= 4 is 40.8 Å². The minimum absolute atomic E-state index is 0.126. The van der Waals surface area contributed by atoms with E-state index in [1.807, 2.05) is 18.2 Å². The van der Waals surface area contributed by atoms with E-state index in [9.17, 15) is 14.4 Å². The highest BCUT2D eigenvalue weighted by Gasteiger charge is 2.69. The van der Waals surface area contributed by atoms with E-state index in [0.717, 1.165) is 0 Å². The molecule has 28 heavy (non-hydrogen) atoms. The van der Waals surface area contributed by atoms with Crippen molar-refractivity contribution in [3.05, 3.63) is 46.4 Å². The minimum Gasteiger partial charge on any atom is -0.452 e. The zero-order valence-electron chi connectivity index (χ0n) is 16.0. The van der Waals surface area contributed by atoms with Crippen LogP contribution in [0.2, 0.25) is 0 Å². The summed E-state index contributed by atoms with van der Waals surface area (Å²) >= 11 is 11.9. The largest absolute Gasteiger partial charge is 0.452 e. The first-order valence-electron chi connectivity index (χ1n) is 8.73. The van der Waals surface area contributed by atoms with Crippen molar-refractivity contribution in [2.45, 2.75) is 37.6 Å². The van der Waals surface area contributed by atoms with E-state index in [4.69, 9.17) is 27.9 Å². The second-order valence-corrected chi connectivity index (χ2v) is 8.67. The number of benzene rings is 1. The first kappa shape index (κ1) is 20.5. The number of nitrogens with one attached hydrogen (secondary N) is 1. The van der Waals surface area contributed by atoms with Crippen LogP contribution in [-0.4, -0.2) is 31.7 Å². The van der Waals surface area contributed by atoms with Gasteiger partial charge in [0.25, 0.3) is 11.5 Å². The first-order chi connectivity index (χ1) is 13.0. The van der Waals surface area contributed by atoms with E-state index in [1.54, 1.807) is 37.7 Å². The number of rotatable bonds is 5. The second-order valence-electron chi connectivity index (χ2n) is 7.19. The van der Waals surface area contributed by atoms with Crippen LogP contribution in [-0.2, 0) is 21.4 Å². The summed E-state index contributed by atoms with van der Waals surface area (Å²) in [6.07, 6.45) is -0.853. The normalized spacial score (nSPS) is 21.1. The maximum absolute atomic E-state index is 12.8. The van der Waals surface area contributed by atoms with E-state index < -0.39 is 27.7 Å². The standard InChI is InChI=1S/C19H21Cl2N3O4/c1-11-14(16(26)24(23(11)4)13-8-6-5-7-9-13)22-15(25)12(2)28-17(27)18(3)10-19(18,20)21/h5-9,12H,10H2,1-4H3,(H,22,25). The molecular formula is C19H21Cl2N3O4. The number of nitrogens with zero attached hydrogens (tertiary/aromatic N) is 2. The monoisotopic (exact) mass is 425 g/mol. The molecule has 150 valence electrons. The van der Waals surface area contributed by atoms with E-state index in [0.29, 0.717) is 11.4 Å². The summed E-state index contributed by atoms with van der Waals surface area (Å²) in [7, 11) is 1.72. The van der Waals surface area contributed by atoms with Crippen molar-refractivity contribution < 1.29 is 14.3 Å². The average molecular weight is 426 g/mol. The molecule has 0 spiro atoms. The van der Waals surface area contributed by atoms with Gasteiger partial charge in [-0.1, -0.05) is 18.2 Å². The van der Waals surface area contributed by atoms with Crippen LogP contribution in [0.4, 0.5) is 5.69 Å². The zero-order chi connectivity index (χ0) is 20.9. The molecule has 2 unspecified atom stereocenters. The number of carbonyl (C=O) groups is 2.